The zero-order valence-electron chi connectivity index (χ0n) is 14.3. The van der Waals surface area contributed by atoms with Gasteiger partial charge in [-0.1, -0.05) is 24.3 Å². The van der Waals surface area contributed by atoms with Gasteiger partial charge in [-0.05, 0) is 50.0 Å². The fourth-order valence-corrected chi connectivity index (χ4v) is 4.56. The van der Waals surface area contributed by atoms with Crippen molar-refractivity contribution in [1.29, 1.82) is 0 Å². The highest BCUT2D eigenvalue weighted by molar-refractivity contribution is 5.74. The molecule has 1 atom stereocenters. The molecule has 0 bridgehead atoms. The minimum Gasteiger partial charge on any atom is -0.370 e. The summed E-state index contributed by atoms with van der Waals surface area (Å²) in [5.74, 6) is -0.0135. The van der Waals surface area contributed by atoms with Crippen molar-refractivity contribution in [2.24, 2.45) is 11.7 Å². The van der Waals surface area contributed by atoms with Crippen LogP contribution in [-0.2, 0) is 4.79 Å². The second-order valence-corrected chi connectivity index (χ2v) is 7.59. The van der Waals surface area contributed by atoms with E-state index in [9.17, 15) is 4.79 Å². The van der Waals surface area contributed by atoms with E-state index in [1.165, 1.54) is 11.1 Å². The number of halogens is 1. The number of carbonyl (C=O) groups is 1. The van der Waals surface area contributed by atoms with E-state index in [-0.39, 0.29) is 17.9 Å². The van der Waals surface area contributed by atoms with Gasteiger partial charge in [0, 0.05) is 12.0 Å². The average Bonchev–Trinajstić information content (AvgIpc) is 3.16. The Labute approximate surface area is 147 Å². The van der Waals surface area contributed by atoms with E-state index in [1.54, 1.807) is 0 Å². The maximum absolute atomic E-state index is 15.3. The molecule has 25 heavy (non-hydrogen) atoms. The van der Waals surface area contributed by atoms with Gasteiger partial charge in [0.05, 0.1) is 24.3 Å². The predicted molar refractivity (Wildman–Crippen MR) is 94.6 cm³/mol. The smallest absolute Gasteiger partial charge is 0.217 e. The summed E-state index contributed by atoms with van der Waals surface area (Å²) < 4.78 is 17.4. The van der Waals surface area contributed by atoms with E-state index in [4.69, 9.17) is 5.73 Å². The molecule has 0 spiro atoms. The maximum Gasteiger partial charge on any atom is 0.217 e. The summed E-state index contributed by atoms with van der Waals surface area (Å²) in [7, 11) is 0. The normalized spacial score (nSPS) is 27.7. The van der Waals surface area contributed by atoms with Crippen molar-refractivity contribution in [2.75, 3.05) is 0 Å². The Kier molecular flexibility index (Phi) is 4.10. The number of benzene rings is 1. The Morgan fingerprint density at radius 3 is 2.84 bits per heavy atom. The molecule has 2 heterocycles. The monoisotopic (exact) mass is 341 g/mol. The van der Waals surface area contributed by atoms with Crippen molar-refractivity contribution < 1.29 is 9.18 Å². The van der Waals surface area contributed by atoms with E-state index >= 15 is 4.39 Å². The number of imidazole rings is 1. The van der Waals surface area contributed by atoms with Crippen molar-refractivity contribution >= 4 is 5.91 Å². The lowest BCUT2D eigenvalue weighted by molar-refractivity contribution is -0.119. The third kappa shape index (κ3) is 3.08. The second kappa shape index (κ2) is 6.28. The fraction of sp³-hybridized carbons (Fsp3) is 0.500. The molecular formula is C20H24FN3O. The van der Waals surface area contributed by atoms with Crippen molar-refractivity contribution in [3.8, 4) is 11.3 Å². The van der Waals surface area contributed by atoms with Gasteiger partial charge in [-0.15, -0.1) is 0 Å². The molecule has 1 fully saturated rings. The maximum atomic E-state index is 15.3. The molecule has 2 aliphatic rings. The van der Waals surface area contributed by atoms with Crippen molar-refractivity contribution in [3.63, 3.8) is 0 Å². The summed E-state index contributed by atoms with van der Waals surface area (Å²) in [6, 6.07) is 8.51. The van der Waals surface area contributed by atoms with E-state index < -0.39 is 5.67 Å². The van der Waals surface area contributed by atoms with Crippen LogP contribution in [0.5, 0.6) is 0 Å². The van der Waals surface area contributed by atoms with Crippen LogP contribution in [0.15, 0.2) is 36.8 Å². The zero-order chi connectivity index (χ0) is 17.4. The van der Waals surface area contributed by atoms with Gasteiger partial charge in [0.1, 0.15) is 5.67 Å². The van der Waals surface area contributed by atoms with Gasteiger partial charge in [-0.25, -0.2) is 9.37 Å². The Hall–Kier alpha value is -2.17. The topological polar surface area (TPSA) is 60.9 Å². The van der Waals surface area contributed by atoms with Gasteiger partial charge in [-0.3, -0.25) is 4.79 Å². The Morgan fingerprint density at radius 2 is 2.08 bits per heavy atom. The van der Waals surface area contributed by atoms with Gasteiger partial charge < -0.3 is 10.3 Å². The number of primary amides is 1. The third-order valence-corrected chi connectivity index (χ3v) is 5.95. The number of carbonyl (C=O) groups excluding carboxylic acids is 1. The summed E-state index contributed by atoms with van der Waals surface area (Å²) in [6.45, 7) is 0. The summed E-state index contributed by atoms with van der Waals surface area (Å²) in [4.78, 5) is 15.3. The number of aromatic nitrogens is 2. The number of fused-ring (bicyclic) bond motifs is 3. The first-order valence-electron chi connectivity index (χ1n) is 9.14. The minimum absolute atomic E-state index is 0.171. The first-order chi connectivity index (χ1) is 12.1. The molecule has 1 amide bonds. The number of amides is 1. The highest BCUT2D eigenvalue weighted by atomic mass is 19.1. The van der Waals surface area contributed by atoms with Crippen molar-refractivity contribution in [1.82, 2.24) is 9.55 Å². The average molecular weight is 341 g/mol. The third-order valence-electron chi connectivity index (χ3n) is 5.95. The summed E-state index contributed by atoms with van der Waals surface area (Å²) in [5.41, 5.74) is 7.76. The van der Waals surface area contributed by atoms with Crippen LogP contribution >= 0.6 is 0 Å². The largest absolute Gasteiger partial charge is 0.370 e. The first-order valence-corrected chi connectivity index (χ1v) is 9.14. The number of rotatable bonds is 5. The molecule has 1 unspecified atom stereocenters. The molecule has 4 rings (SSSR count). The summed E-state index contributed by atoms with van der Waals surface area (Å²) in [5, 5.41) is 0. The minimum atomic E-state index is -1.12. The van der Waals surface area contributed by atoms with E-state index in [0.717, 1.165) is 25.0 Å². The van der Waals surface area contributed by atoms with Gasteiger partial charge in [0.25, 0.3) is 0 Å². The molecule has 132 valence electrons. The predicted octanol–water partition coefficient (Wildman–Crippen LogP) is 4.01. The molecule has 1 aliphatic carbocycles. The molecule has 2 N–H and O–H groups in total. The highest BCUT2D eigenvalue weighted by Crippen LogP contribution is 2.45. The molecule has 5 heteroatoms. The van der Waals surface area contributed by atoms with Gasteiger partial charge >= 0.3 is 0 Å². The number of hydrogen-bond acceptors (Lipinski definition) is 2. The standard InChI is InChI=1S/C20H24FN3O/c21-20(8-5-14(6-9-20)11-19(22)25)10-7-17-15-3-1-2-4-16(15)18-12-23-13-24(17)18/h1-4,12-14,17H,5-11H2,(H2,22,25). The molecule has 0 saturated heterocycles. The van der Waals surface area contributed by atoms with Crippen LogP contribution in [0, 0.1) is 5.92 Å². The van der Waals surface area contributed by atoms with E-state index in [1.807, 2.05) is 24.7 Å². The summed E-state index contributed by atoms with van der Waals surface area (Å²) >= 11 is 0. The van der Waals surface area contributed by atoms with Crippen LogP contribution in [0.1, 0.15) is 56.6 Å². The molecule has 2 aromatic rings. The highest BCUT2D eigenvalue weighted by Gasteiger charge is 2.37. The number of nitrogens with two attached hydrogens (primary N) is 1. The number of nitrogens with zero attached hydrogens (tertiary/aromatic N) is 2. The molecule has 1 aromatic heterocycles. The Morgan fingerprint density at radius 1 is 1.32 bits per heavy atom. The van der Waals surface area contributed by atoms with Gasteiger partial charge in [-0.2, -0.15) is 0 Å². The van der Waals surface area contributed by atoms with Crippen LogP contribution in [0.25, 0.3) is 11.3 Å². The van der Waals surface area contributed by atoms with Crippen LogP contribution in [-0.4, -0.2) is 21.1 Å². The summed E-state index contributed by atoms with van der Waals surface area (Å²) in [6.07, 6.45) is 8.06. The quantitative estimate of drug-likeness (QED) is 0.893. The van der Waals surface area contributed by atoms with Crippen LogP contribution in [0.2, 0.25) is 0 Å². The lowest BCUT2D eigenvalue weighted by Gasteiger charge is -2.34. The fourth-order valence-electron chi connectivity index (χ4n) is 4.56. The SMILES string of the molecule is NC(=O)CC1CCC(F)(CCC2c3ccccc3-c3cncn32)CC1. The Bertz CT molecular complexity index is 777. The van der Waals surface area contributed by atoms with Crippen LogP contribution < -0.4 is 5.73 Å². The molecular weight excluding hydrogens is 317 g/mol. The van der Waals surface area contributed by atoms with E-state index in [2.05, 4.69) is 21.7 Å². The molecule has 1 aliphatic heterocycles. The molecule has 1 saturated carbocycles. The van der Waals surface area contributed by atoms with Crippen molar-refractivity contribution in [2.45, 2.75) is 56.7 Å². The lowest BCUT2D eigenvalue weighted by atomic mass is 9.76. The lowest BCUT2D eigenvalue weighted by Crippen LogP contribution is -2.31. The second-order valence-electron chi connectivity index (χ2n) is 7.59. The Balaban J connectivity index is 1.43. The molecule has 0 radical (unpaired) electrons. The van der Waals surface area contributed by atoms with E-state index in [0.29, 0.717) is 25.7 Å². The van der Waals surface area contributed by atoms with Crippen molar-refractivity contribution in [3.05, 3.63) is 42.4 Å². The molecule has 4 nitrogen and oxygen atoms in total. The first kappa shape index (κ1) is 16.3. The number of alkyl halides is 1. The van der Waals surface area contributed by atoms with Crippen LogP contribution in [0.3, 0.4) is 0 Å². The zero-order valence-corrected chi connectivity index (χ0v) is 14.3. The number of hydrogen-bond donors (Lipinski definition) is 1. The van der Waals surface area contributed by atoms with Crippen LogP contribution in [0.4, 0.5) is 4.39 Å². The van der Waals surface area contributed by atoms with Gasteiger partial charge in [0.15, 0.2) is 0 Å². The van der Waals surface area contributed by atoms with Gasteiger partial charge in [0.2, 0.25) is 5.91 Å². The molecule has 1 aromatic carbocycles.